The average Bonchev–Trinajstić information content (AvgIpc) is 2.23. The summed E-state index contributed by atoms with van der Waals surface area (Å²) in [7, 11) is 0. The van der Waals surface area contributed by atoms with Crippen LogP contribution in [-0.4, -0.2) is 12.5 Å². The van der Waals surface area contributed by atoms with Crippen molar-refractivity contribution in [2.45, 2.75) is 20.3 Å². The molecule has 1 rings (SSSR count). The molecule has 3 nitrogen and oxygen atoms in total. The highest BCUT2D eigenvalue weighted by molar-refractivity contribution is 5.94. The second-order valence-electron chi connectivity index (χ2n) is 4.50. The van der Waals surface area contributed by atoms with Gasteiger partial charge in [0, 0.05) is 11.5 Å². The third kappa shape index (κ3) is 3.49. The van der Waals surface area contributed by atoms with Gasteiger partial charge in [0.1, 0.15) is 11.6 Å². The summed E-state index contributed by atoms with van der Waals surface area (Å²) in [5, 5.41) is 2.37. The zero-order valence-corrected chi connectivity index (χ0v) is 9.89. The standard InChI is InChI=1S/C12H16F2N2O/c1-12(2,5-6-15)11(17)16-10-7-8(13)3-4-9(10)14/h3-4,7H,5-6,15H2,1-2H3,(H,16,17). The monoisotopic (exact) mass is 242 g/mol. The summed E-state index contributed by atoms with van der Waals surface area (Å²) in [6.45, 7) is 3.75. The molecule has 1 amide bonds. The van der Waals surface area contributed by atoms with Crippen LogP contribution in [0.25, 0.3) is 0 Å². The van der Waals surface area contributed by atoms with Crippen molar-refractivity contribution in [2.24, 2.45) is 11.1 Å². The third-order valence-corrected chi connectivity index (χ3v) is 2.56. The zero-order valence-electron chi connectivity index (χ0n) is 9.89. The molecule has 0 aliphatic heterocycles. The van der Waals surface area contributed by atoms with Crippen molar-refractivity contribution in [3.8, 4) is 0 Å². The number of carbonyl (C=O) groups is 1. The fourth-order valence-electron chi connectivity index (χ4n) is 1.36. The minimum absolute atomic E-state index is 0.153. The molecule has 0 aliphatic rings. The summed E-state index contributed by atoms with van der Waals surface area (Å²) >= 11 is 0. The number of hydrogen-bond acceptors (Lipinski definition) is 2. The molecule has 1 aromatic rings. The van der Waals surface area contributed by atoms with Crippen LogP contribution in [0, 0.1) is 17.0 Å². The first-order valence-corrected chi connectivity index (χ1v) is 5.33. The number of carbonyl (C=O) groups excluding carboxylic acids is 1. The molecular formula is C12H16F2N2O. The first kappa shape index (κ1) is 13.6. The van der Waals surface area contributed by atoms with E-state index in [-0.39, 0.29) is 11.6 Å². The molecular weight excluding hydrogens is 226 g/mol. The molecule has 0 saturated heterocycles. The Kier molecular flexibility index (Phi) is 4.17. The van der Waals surface area contributed by atoms with Crippen LogP contribution in [0.15, 0.2) is 18.2 Å². The fourth-order valence-corrected chi connectivity index (χ4v) is 1.36. The van der Waals surface area contributed by atoms with E-state index in [0.29, 0.717) is 13.0 Å². The Labute approximate surface area is 99.0 Å². The number of nitrogens with two attached hydrogens (primary N) is 1. The summed E-state index contributed by atoms with van der Waals surface area (Å²) in [5.74, 6) is -1.64. The van der Waals surface area contributed by atoms with Crippen LogP contribution in [0.4, 0.5) is 14.5 Å². The van der Waals surface area contributed by atoms with Gasteiger partial charge in [0.05, 0.1) is 5.69 Å². The highest BCUT2D eigenvalue weighted by Crippen LogP contribution is 2.23. The molecule has 0 aliphatic carbocycles. The van der Waals surface area contributed by atoms with Gasteiger partial charge in [0.15, 0.2) is 0 Å². The summed E-state index contributed by atoms with van der Waals surface area (Å²) in [5.41, 5.74) is 4.52. The molecule has 0 aromatic heterocycles. The summed E-state index contributed by atoms with van der Waals surface area (Å²) < 4.78 is 26.2. The van der Waals surface area contributed by atoms with Crippen molar-refractivity contribution in [2.75, 3.05) is 11.9 Å². The van der Waals surface area contributed by atoms with Crippen molar-refractivity contribution in [3.05, 3.63) is 29.8 Å². The Bertz CT molecular complexity index is 419. The number of amides is 1. The Balaban J connectivity index is 2.84. The number of hydrogen-bond donors (Lipinski definition) is 2. The maximum Gasteiger partial charge on any atom is 0.230 e. The molecule has 5 heteroatoms. The summed E-state index contributed by atoms with van der Waals surface area (Å²) in [4.78, 5) is 11.8. The van der Waals surface area contributed by atoms with Gasteiger partial charge in [-0.25, -0.2) is 8.78 Å². The normalized spacial score (nSPS) is 11.4. The molecule has 0 unspecified atom stereocenters. The number of nitrogens with one attached hydrogen (secondary N) is 1. The van der Waals surface area contributed by atoms with Gasteiger partial charge in [-0.3, -0.25) is 4.79 Å². The highest BCUT2D eigenvalue weighted by atomic mass is 19.1. The quantitative estimate of drug-likeness (QED) is 0.851. The SMILES string of the molecule is CC(C)(CCN)C(=O)Nc1cc(F)ccc1F. The predicted octanol–water partition coefficient (Wildman–Crippen LogP) is 2.28. The van der Waals surface area contributed by atoms with Crippen molar-refractivity contribution in [1.29, 1.82) is 0 Å². The molecule has 0 heterocycles. The van der Waals surface area contributed by atoms with E-state index in [1.165, 1.54) is 0 Å². The van der Waals surface area contributed by atoms with E-state index in [1.54, 1.807) is 13.8 Å². The maximum atomic E-state index is 13.3. The topological polar surface area (TPSA) is 55.1 Å². The van der Waals surface area contributed by atoms with Gasteiger partial charge in [-0.15, -0.1) is 0 Å². The lowest BCUT2D eigenvalue weighted by atomic mass is 9.88. The average molecular weight is 242 g/mol. The second-order valence-corrected chi connectivity index (χ2v) is 4.50. The smallest absolute Gasteiger partial charge is 0.230 e. The molecule has 0 bridgehead atoms. The lowest BCUT2D eigenvalue weighted by Gasteiger charge is -2.22. The first-order chi connectivity index (χ1) is 7.86. The largest absolute Gasteiger partial charge is 0.330 e. The summed E-state index contributed by atoms with van der Waals surface area (Å²) in [6.07, 6.45) is 0.468. The molecule has 0 radical (unpaired) electrons. The van der Waals surface area contributed by atoms with Crippen LogP contribution in [0.5, 0.6) is 0 Å². The molecule has 17 heavy (non-hydrogen) atoms. The van der Waals surface area contributed by atoms with Crippen LogP contribution < -0.4 is 11.1 Å². The van der Waals surface area contributed by atoms with Gasteiger partial charge in [-0.1, -0.05) is 13.8 Å². The molecule has 3 N–H and O–H groups in total. The van der Waals surface area contributed by atoms with Crippen LogP contribution in [0.3, 0.4) is 0 Å². The minimum atomic E-state index is -0.715. The van der Waals surface area contributed by atoms with Gasteiger partial charge in [-0.2, -0.15) is 0 Å². The number of anilines is 1. The lowest BCUT2D eigenvalue weighted by molar-refractivity contribution is -0.124. The Morgan fingerprint density at radius 2 is 2.06 bits per heavy atom. The van der Waals surface area contributed by atoms with Gasteiger partial charge in [-0.05, 0) is 25.1 Å². The van der Waals surface area contributed by atoms with Gasteiger partial charge in [0.2, 0.25) is 5.91 Å². The van der Waals surface area contributed by atoms with E-state index < -0.39 is 17.0 Å². The van der Waals surface area contributed by atoms with E-state index in [9.17, 15) is 13.6 Å². The predicted molar refractivity (Wildman–Crippen MR) is 62.4 cm³/mol. The number of halogens is 2. The van der Waals surface area contributed by atoms with Crippen molar-refractivity contribution >= 4 is 11.6 Å². The Morgan fingerprint density at radius 3 is 2.65 bits per heavy atom. The fraction of sp³-hybridized carbons (Fsp3) is 0.417. The highest BCUT2D eigenvalue weighted by Gasteiger charge is 2.27. The first-order valence-electron chi connectivity index (χ1n) is 5.33. The van der Waals surface area contributed by atoms with Crippen LogP contribution in [0.2, 0.25) is 0 Å². The van der Waals surface area contributed by atoms with E-state index >= 15 is 0 Å². The van der Waals surface area contributed by atoms with E-state index in [2.05, 4.69) is 5.32 Å². The number of rotatable bonds is 4. The van der Waals surface area contributed by atoms with Gasteiger partial charge in [0.25, 0.3) is 0 Å². The third-order valence-electron chi connectivity index (χ3n) is 2.56. The van der Waals surface area contributed by atoms with Crippen LogP contribution in [0.1, 0.15) is 20.3 Å². The maximum absolute atomic E-state index is 13.3. The van der Waals surface area contributed by atoms with Gasteiger partial charge >= 0.3 is 0 Å². The molecule has 0 atom stereocenters. The van der Waals surface area contributed by atoms with Crippen LogP contribution in [-0.2, 0) is 4.79 Å². The van der Waals surface area contributed by atoms with E-state index in [1.807, 2.05) is 0 Å². The second kappa shape index (κ2) is 5.23. The minimum Gasteiger partial charge on any atom is -0.330 e. The van der Waals surface area contributed by atoms with Crippen molar-refractivity contribution < 1.29 is 13.6 Å². The Morgan fingerprint density at radius 1 is 1.41 bits per heavy atom. The Hall–Kier alpha value is -1.49. The molecule has 0 spiro atoms. The summed E-state index contributed by atoms with van der Waals surface area (Å²) in [6, 6.07) is 2.92. The molecule has 94 valence electrons. The van der Waals surface area contributed by atoms with Crippen LogP contribution >= 0.6 is 0 Å². The van der Waals surface area contributed by atoms with Crippen molar-refractivity contribution in [1.82, 2.24) is 0 Å². The molecule has 0 saturated carbocycles. The lowest BCUT2D eigenvalue weighted by Crippen LogP contribution is -2.33. The van der Waals surface area contributed by atoms with Gasteiger partial charge < -0.3 is 11.1 Å². The number of benzene rings is 1. The van der Waals surface area contributed by atoms with E-state index in [0.717, 1.165) is 18.2 Å². The van der Waals surface area contributed by atoms with Crippen molar-refractivity contribution in [3.63, 3.8) is 0 Å². The molecule has 1 aromatic carbocycles. The zero-order chi connectivity index (χ0) is 13.1. The molecule has 0 fully saturated rings. The van der Waals surface area contributed by atoms with E-state index in [4.69, 9.17) is 5.73 Å².